The van der Waals surface area contributed by atoms with Crippen molar-refractivity contribution in [1.82, 2.24) is 24.4 Å². The molecule has 2 aromatic heterocycles. The Balaban J connectivity index is 1.77. The molecule has 1 aliphatic heterocycles. The molecule has 1 fully saturated rings. The summed E-state index contributed by atoms with van der Waals surface area (Å²) in [7, 11) is 1.60. The molecule has 1 amide bonds. The van der Waals surface area contributed by atoms with Crippen LogP contribution in [0.4, 0.5) is 4.79 Å². The minimum atomic E-state index is -0.553. The summed E-state index contributed by atoms with van der Waals surface area (Å²) in [6.07, 6.45) is 3.88. The van der Waals surface area contributed by atoms with Gasteiger partial charge in [-0.1, -0.05) is 0 Å². The number of aromatic nitrogens is 4. The van der Waals surface area contributed by atoms with Crippen LogP contribution in [-0.2, 0) is 11.8 Å². The van der Waals surface area contributed by atoms with Crippen LogP contribution in [0.3, 0.4) is 0 Å². The topological polar surface area (TPSA) is 99.4 Å². The van der Waals surface area contributed by atoms with Gasteiger partial charge in [-0.25, -0.2) is 14.8 Å². The molecule has 0 bridgehead atoms. The van der Waals surface area contributed by atoms with Gasteiger partial charge in [-0.05, 0) is 39.7 Å². The molecule has 9 nitrogen and oxygen atoms in total. The number of nitrogens with zero attached hydrogens (tertiary/aromatic N) is 5. The third-order valence-corrected chi connectivity index (χ3v) is 4.24. The van der Waals surface area contributed by atoms with Gasteiger partial charge in [0.25, 0.3) is 11.6 Å². The van der Waals surface area contributed by atoms with Crippen LogP contribution in [-0.4, -0.2) is 55.3 Å². The molecule has 28 heavy (non-hydrogen) atoms. The van der Waals surface area contributed by atoms with Crippen LogP contribution in [0.25, 0.3) is 11.4 Å². The third kappa shape index (κ3) is 4.85. The Morgan fingerprint density at radius 2 is 2.07 bits per heavy atom. The van der Waals surface area contributed by atoms with E-state index >= 15 is 0 Å². The molecule has 1 saturated heterocycles. The van der Waals surface area contributed by atoms with E-state index in [1.165, 1.54) is 17.0 Å². The van der Waals surface area contributed by atoms with Crippen LogP contribution < -0.4 is 10.3 Å². The zero-order valence-electron chi connectivity index (χ0n) is 16.6. The molecule has 0 N–H and O–H groups in total. The number of carbonyl (C=O) groups excluding carboxylic acids is 1. The number of likely N-dealkylation sites (tertiary alicyclic amines) is 1. The maximum absolute atomic E-state index is 12.3. The van der Waals surface area contributed by atoms with Crippen LogP contribution in [0.15, 0.2) is 29.5 Å². The summed E-state index contributed by atoms with van der Waals surface area (Å²) in [5, 5.41) is 0. The van der Waals surface area contributed by atoms with E-state index in [-0.39, 0.29) is 23.8 Å². The van der Waals surface area contributed by atoms with Crippen LogP contribution in [0.1, 0.15) is 33.6 Å². The molecule has 1 aliphatic rings. The Kier molecular flexibility index (Phi) is 5.62. The highest BCUT2D eigenvalue weighted by Crippen LogP contribution is 2.20. The molecule has 0 saturated carbocycles. The second-order valence-electron chi connectivity index (χ2n) is 7.72. The monoisotopic (exact) mass is 387 g/mol. The van der Waals surface area contributed by atoms with Crippen molar-refractivity contribution in [2.75, 3.05) is 13.1 Å². The van der Waals surface area contributed by atoms with Gasteiger partial charge in [0.1, 0.15) is 18.0 Å². The summed E-state index contributed by atoms with van der Waals surface area (Å²) in [6.45, 7) is 6.49. The first-order chi connectivity index (χ1) is 13.2. The molecule has 3 heterocycles. The minimum absolute atomic E-state index is 0.192. The van der Waals surface area contributed by atoms with Gasteiger partial charge in [-0.2, -0.15) is 4.98 Å². The Bertz CT molecular complexity index is 891. The zero-order chi connectivity index (χ0) is 20.3. The SMILES string of the molecule is Cn1c(OC2CCCN(C(=O)OC(C)(C)C)C2)nc(-c2ccncn2)cc1=O. The molecular weight excluding hydrogens is 362 g/mol. The second-order valence-corrected chi connectivity index (χ2v) is 7.72. The van der Waals surface area contributed by atoms with E-state index in [4.69, 9.17) is 9.47 Å². The molecule has 2 aromatic rings. The van der Waals surface area contributed by atoms with E-state index in [0.717, 1.165) is 12.8 Å². The number of rotatable bonds is 3. The lowest BCUT2D eigenvalue weighted by atomic mass is 10.1. The fourth-order valence-electron chi connectivity index (χ4n) is 2.87. The number of piperidine rings is 1. The van der Waals surface area contributed by atoms with Crippen molar-refractivity contribution in [3.63, 3.8) is 0 Å². The van der Waals surface area contributed by atoms with Gasteiger partial charge in [0, 0.05) is 25.9 Å². The summed E-state index contributed by atoms with van der Waals surface area (Å²) < 4.78 is 12.8. The lowest BCUT2D eigenvalue weighted by molar-refractivity contribution is 0.00608. The van der Waals surface area contributed by atoms with Gasteiger partial charge in [-0.15, -0.1) is 0 Å². The predicted molar refractivity (Wildman–Crippen MR) is 102 cm³/mol. The van der Waals surface area contributed by atoms with Gasteiger partial charge in [0.2, 0.25) is 0 Å². The lowest BCUT2D eigenvalue weighted by Gasteiger charge is -2.34. The van der Waals surface area contributed by atoms with Crippen LogP contribution in [0, 0.1) is 0 Å². The normalized spacial score (nSPS) is 17.3. The number of ether oxygens (including phenoxy) is 2. The molecule has 0 aliphatic carbocycles. The first-order valence-electron chi connectivity index (χ1n) is 9.22. The fourth-order valence-corrected chi connectivity index (χ4v) is 2.87. The number of hydrogen-bond donors (Lipinski definition) is 0. The van der Waals surface area contributed by atoms with Crippen molar-refractivity contribution < 1.29 is 14.3 Å². The third-order valence-electron chi connectivity index (χ3n) is 4.24. The maximum atomic E-state index is 12.3. The molecule has 0 radical (unpaired) electrons. The molecule has 3 rings (SSSR count). The lowest BCUT2D eigenvalue weighted by Crippen LogP contribution is -2.46. The van der Waals surface area contributed by atoms with Crippen molar-refractivity contribution in [2.24, 2.45) is 7.05 Å². The summed E-state index contributed by atoms with van der Waals surface area (Å²) in [5.41, 5.74) is 0.151. The van der Waals surface area contributed by atoms with Crippen LogP contribution in [0.2, 0.25) is 0 Å². The average molecular weight is 387 g/mol. The first kappa shape index (κ1) is 19.8. The van der Waals surface area contributed by atoms with E-state index in [1.54, 1.807) is 24.2 Å². The molecular formula is C19H25N5O4. The summed E-state index contributed by atoms with van der Waals surface area (Å²) in [6, 6.07) is 3.27. The van der Waals surface area contributed by atoms with Crippen molar-refractivity contribution >= 4 is 6.09 Å². The molecule has 150 valence electrons. The predicted octanol–water partition coefficient (Wildman–Crippen LogP) is 2.02. The number of carbonyl (C=O) groups is 1. The Morgan fingerprint density at radius 1 is 1.29 bits per heavy atom. The minimum Gasteiger partial charge on any atom is -0.459 e. The molecule has 0 aromatic carbocycles. The van der Waals surface area contributed by atoms with E-state index < -0.39 is 5.60 Å². The van der Waals surface area contributed by atoms with Crippen molar-refractivity contribution in [2.45, 2.75) is 45.3 Å². The van der Waals surface area contributed by atoms with Gasteiger partial charge in [0.05, 0.1) is 17.9 Å². The second kappa shape index (κ2) is 7.95. The van der Waals surface area contributed by atoms with E-state index in [2.05, 4.69) is 15.0 Å². The van der Waals surface area contributed by atoms with Gasteiger partial charge < -0.3 is 14.4 Å². The first-order valence-corrected chi connectivity index (χ1v) is 9.22. The number of hydrogen-bond acceptors (Lipinski definition) is 7. The van der Waals surface area contributed by atoms with Gasteiger partial charge in [0.15, 0.2) is 0 Å². The highest BCUT2D eigenvalue weighted by Gasteiger charge is 2.29. The molecule has 9 heteroatoms. The zero-order valence-corrected chi connectivity index (χ0v) is 16.6. The number of amides is 1. The largest absolute Gasteiger partial charge is 0.459 e. The fraction of sp³-hybridized carbons (Fsp3) is 0.526. The molecule has 0 spiro atoms. The Morgan fingerprint density at radius 3 is 2.75 bits per heavy atom. The maximum Gasteiger partial charge on any atom is 0.410 e. The highest BCUT2D eigenvalue weighted by atomic mass is 16.6. The molecule has 1 atom stereocenters. The standard InChI is InChI=1S/C19H25N5O4/c1-19(2,3)28-18(26)24-9-5-6-13(11-24)27-17-22-15(10-16(25)23(17)4)14-7-8-20-12-21-14/h7-8,10,12-13H,5-6,9,11H2,1-4H3. The van der Waals surface area contributed by atoms with Crippen molar-refractivity contribution in [3.05, 3.63) is 35.0 Å². The van der Waals surface area contributed by atoms with Gasteiger partial charge >= 0.3 is 6.09 Å². The van der Waals surface area contributed by atoms with Crippen LogP contribution >= 0.6 is 0 Å². The Labute approximate surface area is 163 Å². The highest BCUT2D eigenvalue weighted by molar-refractivity contribution is 5.68. The smallest absolute Gasteiger partial charge is 0.410 e. The Hall–Kier alpha value is -2.97. The summed E-state index contributed by atoms with van der Waals surface area (Å²) in [5.74, 6) is 0. The van der Waals surface area contributed by atoms with E-state index in [1.807, 2.05) is 20.8 Å². The van der Waals surface area contributed by atoms with Crippen LogP contribution in [0.5, 0.6) is 6.01 Å². The summed E-state index contributed by atoms with van der Waals surface area (Å²) in [4.78, 5) is 38.7. The van der Waals surface area contributed by atoms with Crippen molar-refractivity contribution in [1.29, 1.82) is 0 Å². The van der Waals surface area contributed by atoms with E-state index in [0.29, 0.717) is 24.5 Å². The van der Waals surface area contributed by atoms with Crippen molar-refractivity contribution in [3.8, 4) is 17.4 Å². The van der Waals surface area contributed by atoms with Gasteiger partial charge in [-0.3, -0.25) is 9.36 Å². The van der Waals surface area contributed by atoms with E-state index in [9.17, 15) is 9.59 Å². The average Bonchev–Trinajstić information content (AvgIpc) is 2.65. The molecule has 1 unspecified atom stereocenters. The quantitative estimate of drug-likeness (QED) is 0.794. The summed E-state index contributed by atoms with van der Waals surface area (Å²) >= 11 is 0.